The van der Waals surface area contributed by atoms with Crippen LogP contribution >= 0.6 is 0 Å². The smallest absolute Gasteiger partial charge is 0.411 e. The molecule has 18 heavy (non-hydrogen) atoms. The lowest BCUT2D eigenvalue weighted by Gasteiger charge is -2.14. The van der Waals surface area contributed by atoms with Gasteiger partial charge in [-0.25, -0.2) is 4.39 Å². The molecule has 0 aliphatic heterocycles. The van der Waals surface area contributed by atoms with Gasteiger partial charge in [0.25, 0.3) is 0 Å². The molecule has 0 spiro atoms. The van der Waals surface area contributed by atoms with Crippen LogP contribution in [0, 0.1) is 5.82 Å². The summed E-state index contributed by atoms with van der Waals surface area (Å²) in [6.07, 6.45) is -1.73. The fourth-order valence-electron chi connectivity index (χ4n) is 1.43. The number of halogens is 4. The first kappa shape index (κ1) is 14.0. The van der Waals surface area contributed by atoms with E-state index in [9.17, 15) is 17.6 Å². The van der Waals surface area contributed by atoms with Gasteiger partial charge in [0, 0.05) is 0 Å². The number of nitrogens with zero attached hydrogens (tertiary/aromatic N) is 1. The van der Waals surface area contributed by atoms with E-state index in [1.54, 1.807) is 0 Å². The molecule has 0 aromatic heterocycles. The van der Waals surface area contributed by atoms with Crippen molar-refractivity contribution in [3.63, 3.8) is 0 Å². The summed E-state index contributed by atoms with van der Waals surface area (Å²) in [5.74, 6) is -1.37. The fraction of sp³-hybridized carbons (Fsp3) is 0.0833. The van der Waals surface area contributed by atoms with Gasteiger partial charge in [-0.05, 0) is 23.3 Å². The van der Waals surface area contributed by atoms with Crippen LogP contribution in [0.3, 0.4) is 0 Å². The largest absolute Gasteiger partial charge is 0.419 e. The summed E-state index contributed by atoms with van der Waals surface area (Å²) >= 11 is 0. The number of allylic oxidation sites excluding steroid dienone is 3. The Kier molecular flexibility index (Phi) is 4.25. The van der Waals surface area contributed by atoms with Crippen LogP contribution in [0.15, 0.2) is 42.1 Å². The van der Waals surface area contributed by atoms with Crippen LogP contribution < -0.4 is 0 Å². The molecular formula is C12H9F4NO. The second-order valence-electron chi connectivity index (χ2n) is 3.25. The second-order valence-corrected chi connectivity index (χ2v) is 3.25. The van der Waals surface area contributed by atoms with E-state index < -0.39 is 17.6 Å². The van der Waals surface area contributed by atoms with Crippen molar-refractivity contribution in [2.45, 2.75) is 6.18 Å². The van der Waals surface area contributed by atoms with E-state index in [0.29, 0.717) is 0 Å². The summed E-state index contributed by atoms with van der Waals surface area (Å²) in [6, 6.07) is 3.01. The zero-order valence-electron chi connectivity index (χ0n) is 9.08. The van der Waals surface area contributed by atoms with Crippen molar-refractivity contribution in [3.8, 4) is 0 Å². The normalized spacial score (nSPS) is 13.0. The summed E-state index contributed by atoms with van der Waals surface area (Å²) < 4.78 is 51.5. The molecule has 1 aromatic carbocycles. The average Bonchev–Trinajstić information content (AvgIpc) is 2.28. The predicted octanol–water partition coefficient (Wildman–Crippen LogP) is 3.87. The molecule has 0 amide bonds. The van der Waals surface area contributed by atoms with Crippen molar-refractivity contribution in [3.05, 3.63) is 53.9 Å². The molecule has 1 aromatic rings. The molecule has 0 heterocycles. The third-order valence-corrected chi connectivity index (χ3v) is 2.15. The van der Waals surface area contributed by atoms with Gasteiger partial charge in [-0.3, -0.25) is 0 Å². The van der Waals surface area contributed by atoms with Crippen LogP contribution in [-0.2, 0) is 6.18 Å². The maximum atomic E-state index is 13.3. The molecule has 6 heteroatoms. The van der Waals surface area contributed by atoms with E-state index in [4.69, 9.17) is 5.21 Å². The SMILES string of the molecule is C=C/C(=C\C=NO)c1cccc(F)c1C(F)(F)F. The number of alkyl halides is 3. The molecule has 0 saturated heterocycles. The molecule has 0 atom stereocenters. The molecule has 0 radical (unpaired) electrons. The maximum Gasteiger partial charge on any atom is 0.419 e. The van der Waals surface area contributed by atoms with Crippen molar-refractivity contribution in [2.75, 3.05) is 0 Å². The van der Waals surface area contributed by atoms with E-state index >= 15 is 0 Å². The first-order chi connectivity index (χ1) is 8.41. The standard InChI is InChI=1S/C12H9F4NO/c1-2-8(6-7-17-18)9-4-3-5-10(13)11(9)12(14,15)16/h2-7,18H,1H2/b8-6+,17-7?. The molecule has 0 unspecified atom stereocenters. The van der Waals surface area contributed by atoms with Gasteiger partial charge in [0.05, 0.1) is 11.8 Å². The number of hydrogen-bond donors (Lipinski definition) is 1. The van der Waals surface area contributed by atoms with Crippen LogP contribution in [0.2, 0.25) is 0 Å². The van der Waals surface area contributed by atoms with Gasteiger partial charge in [0.15, 0.2) is 0 Å². The topological polar surface area (TPSA) is 32.6 Å². The molecule has 1 N–H and O–H groups in total. The van der Waals surface area contributed by atoms with E-state index in [2.05, 4.69) is 11.7 Å². The van der Waals surface area contributed by atoms with Crippen molar-refractivity contribution < 1.29 is 22.8 Å². The minimum absolute atomic E-state index is 0.000347. The highest BCUT2D eigenvalue weighted by Crippen LogP contribution is 2.36. The molecule has 0 bridgehead atoms. The molecular weight excluding hydrogens is 250 g/mol. The lowest BCUT2D eigenvalue weighted by atomic mass is 9.98. The minimum atomic E-state index is -4.82. The van der Waals surface area contributed by atoms with Gasteiger partial charge < -0.3 is 5.21 Å². The number of oxime groups is 1. The van der Waals surface area contributed by atoms with Crippen LogP contribution in [0.25, 0.3) is 5.57 Å². The fourth-order valence-corrected chi connectivity index (χ4v) is 1.43. The molecule has 96 valence electrons. The van der Waals surface area contributed by atoms with Crippen molar-refractivity contribution >= 4 is 11.8 Å². The average molecular weight is 259 g/mol. The Morgan fingerprint density at radius 1 is 1.33 bits per heavy atom. The monoisotopic (exact) mass is 259 g/mol. The van der Waals surface area contributed by atoms with E-state index in [0.717, 1.165) is 36.6 Å². The van der Waals surface area contributed by atoms with E-state index in [1.807, 2.05) is 0 Å². The Balaban J connectivity index is 3.49. The van der Waals surface area contributed by atoms with Crippen LogP contribution in [0.1, 0.15) is 11.1 Å². The molecule has 0 aliphatic carbocycles. The van der Waals surface area contributed by atoms with Crippen LogP contribution in [-0.4, -0.2) is 11.4 Å². The number of benzene rings is 1. The Morgan fingerprint density at radius 2 is 2.00 bits per heavy atom. The first-order valence-corrected chi connectivity index (χ1v) is 4.78. The summed E-state index contributed by atoms with van der Waals surface area (Å²) in [4.78, 5) is 0. The summed E-state index contributed by atoms with van der Waals surface area (Å²) in [7, 11) is 0. The molecule has 2 nitrogen and oxygen atoms in total. The van der Waals surface area contributed by atoms with Gasteiger partial charge in [0.2, 0.25) is 0 Å². The number of rotatable bonds is 3. The maximum absolute atomic E-state index is 13.3. The third kappa shape index (κ3) is 2.97. The zero-order chi connectivity index (χ0) is 13.8. The minimum Gasteiger partial charge on any atom is -0.411 e. The number of hydrogen-bond acceptors (Lipinski definition) is 2. The summed E-state index contributed by atoms with van der Waals surface area (Å²) in [5.41, 5.74) is -1.74. The van der Waals surface area contributed by atoms with E-state index in [1.165, 1.54) is 0 Å². The molecule has 1 rings (SSSR count). The lowest BCUT2D eigenvalue weighted by Crippen LogP contribution is -2.11. The third-order valence-electron chi connectivity index (χ3n) is 2.15. The van der Waals surface area contributed by atoms with Gasteiger partial charge in [-0.1, -0.05) is 29.9 Å². The lowest BCUT2D eigenvalue weighted by molar-refractivity contribution is -0.140. The van der Waals surface area contributed by atoms with E-state index in [-0.39, 0.29) is 11.1 Å². The Labute approximate surface area is 101 Å². The Hall–Kier alpha value is -2.11. The highest BCUT2D eigenvalue weighted by molar-refractivity contribution is 5.89. The summed E-state index contributed by atoms with van der Waals surface area (Å²) in [5, 5.41) is 10.9. The van der Waals surface area contributed by atoms with Gasteiger partial charge >= 0.3 is 6.18 Å². The van der Waals surface area contributed by atoms with Crippen molar-refractivity contribution in [2.24, 2.45) is 5.16 Å². The molecule has 0 aliphatic rings. The summed E-state index contributed by atoms with van der Waals surface area (Å²) in [6.45, 7) is 3.34. The van der Waals surface area contributed by atoms with Gasteiger partial charge in [-0.2, -0.15) is 13.2 Å². The second kappa shape index (κ2) is 5.48. The van der Waals surface area contributed by atoms with Gasteiger partial charge in [0.1, 0.15) is 5.82 Å². The first-order valence-electron chi connectivity index (χ1n) is 4.78. The van der Waals surface area contributed by atoms with Crippen molar-refractivity contribution in [1.29, 1.82) is 0 Å². The zero-order valence-corrected chi connectivity index (χ0v) is 9.08. The van der Waals surface area contributed by atoms with Crippen LogP contribution in [0.5, 0.6) is 0 Å². The Morgan fingerprint density at radius 3 is 2.50 bits per heavy atom. The molecule has 0 saturated carbocycles. The van der Waals surface area contributed by atoms with Crippen molar-refractivity contribution in [1.82, 2.24) is 0 Å². The van der Waals surface area contributed by atoms with Gasteiger partial charge in [-0.15, -0.1) is 0 Å². The predicted molar refractivity (Wildman–Crippen MR) is 59.9 cm³/mol. The Bertz CT molecular complexity index is 503. The van der Waals surface area contributed by atoms with Crippen LogP contribution in [0.4, 0.5) is 17.6 Å². The quantitative estimate of drug-likeness (QED) is 0.288. The highest BCUT2D eigenvalue weighted by atomic mass is 19.4. The molecule has 0 fully saturated rings. The highest BCUT2D eigenvalue weighted by Gasteiger charge is 2.37.